The van der Waals surface area contributed by atoms with E-state index >= 15 is 0 Å². The molecule has 0 saturated heterocycles. The first-order chi connectivity index (χ1) is 11.6. The second kappa shape index (κ2) is 9.45. The lowest BCUT2D eigenvalue weighted by Crippen LogP contribution is -2.36. The summed E-state index contributed by atoms with van der Waals surface area (Å²) in [6.07, 6.45) is 5.28. The summed E-state index contributed by atoms with van der Waals surface area (Å²) in [5.41, 5.74) is 2.37. The fraction of sp³-hybridized carbons (Fsp3) is 0.421. The van der Waals surface area contributed by atoms with E-state index in [1.165, 1.54) is 18.4 Å². The Morgan fingerprint density at radius 1 is 1.21 bits per heavy atom. The number of hydrogen-bond acceptors (Lipinski definition) is 3. The molecule has 24 heavy (non-hydrogen) atoms. The van der Waals surface area contributed by atoms with E-state index in [-0.39, 0.29) is 6.04 Å². The molecule has 4 nitrogen and oxygen atoms in total. The first kappa shape index (κ1) is 18.5. The van der Waals surface area contributed by atoms with Crippen LogP contribution in [-0.4, -0.2) is 30.7 Å². The standard InChI is InChI=1S/C19H27N3OS/c1-4-5-7-15-9-11-16(12-10-15)21-19(24)20-14-17(22(2)3)18-8-6-13-23-18/h6,8-13,17H,4-5,7,14H2,1-3H3,(H2,20,21,24)/t17-/m0/s1. The van der Waals surface area contributed by atoms with E-state index in [0.717, 1.165) is 17.9 Å². The summed E-state index contributed by atoms with van der Waals surface area (Å²) in [6.45, 7) is 2.89. The van der Waals surface area contributed by atoms with Gasteiger partial charge in [-0.2, -0.15) is 0 Å². The predicted molar refractivity (Wildman–Crippen MR) is 104 cm³/mol. The minimum Gasteiger partial charge on any atom is -0.468 e. The van der Waals surface area contributed by atoms with Gasteiger partial charge >= 0.3 is 0 Å². The Hall–Kier alpha value is -1.85. The van der Waals surface area contributed by atoms with E-state index in [0.29, 0.717) is 11.7 Å². The van der Waals surface area contributed by atoms with E-state index < -0.39 is 0 Å². The van der Waals surface area contributed by atoms with Crippen LogP contribution in [0.25, 0.3) is 0 Å². The molecule has 0 spiro atoms. The molecule has 0 saturated carbocycles. The maximum absolute atomic E-state index is 5.51. The molecule has 2 rings (SSSR count). The Morgan fingerprint density at radius 3 is 2.54 bits per heavy atom. The molecule has 0 bridgehead atoms. The Bertz CT molecular complexity index is 608. The van der Waals surface area contributed by atoms with Gasteiger partial charge in [-0.15, -0.1) is 0 Å². The van der Waals surface area contributed by atoms with Crippen molar-refractivity contribution in [3.63, 3.8) is 0 Å². The van der Waals surface area contributed by atoms with Gasteiger partial charge in [-0.25, -0.2) is 0 Å². The van der Waals surface area contributed by atoms with Gasteiger partial charge in [-0.1, -0.05) is 25.5 Å². The number of hydrogen-bond donors (Lipinski definition) is 2. The quantitative estimate of drug-likeness (QED) is 0.701. The summed E-state index contributed by atoms with van der Waals surface area (Å²) in [5.74, 6) is 0.926. The lowest BCUT2D eigenvalue weighted by Gasteiger charge is -2.23. The van der Waals surface area contributed by atoms with Gasteiger partial charge in [0, 0.05) is 12.2 Å². The highest BCUT2D eigenvalue weighted by Crippen LogP contribution is 2.17. The van der Waals surface area contributed by atoms with Crippen molar-refractivity contribution in [2.45, 2.75) is 32.2 Å². The number of nitrogens with zero attached hydrogens (tertiary/aromatic N) is 1. The van der Waals surface area contributed by atoms with Crippen molar-refractivity contribution in [3.8, 4) is 0 Å². The van der Waals surface area contributed by atoms with Crippen LogP contribution in [0.1, 0.15) is 37.1 Å². The highest BCUT2D eigenvalue weighted by Gasteiger charge is 2.16. The molecule has 130 valence electrons. The van der Waals surface area contributed by atoms with Crippen LogP contribution in [0.3, 0.4) is 0 Å². The Morgan fingerprint density at radius 2 is 1.96 bits per heavy atom. The van der Waals surface area contributed by atoms with Crippen molar-refractivity contribution < 1.29 is 4.42 Å². The van der Waals surface area contributed by atoms with Crippen molar-refractivity contribution in [1.29, 1.82) is 0 Å². The summed E-state index contributed by atoms with van der Waals surface area (Å²) in [7, 11) is 4.06. The van der Waals surface area contributed by atoms with Gasteiger partial charge in [0.2, 0.25) is 0 Å². The van der Waals surface area contributed by atoms with E-state index in [1.807, 2.05) is 26.2 Å². The topological polar surface area (TPSA) is 40.4 Å². The highest BCUT2D eigenvalue weighted by atomic mass is 32.1. The average molecular weight is 346 g/mol. The van der Waals surface area contributed by atoms with Crippen LogP contribution in [0, 0.1) is 0 Å². The Balaban J connectivity index is 1.84. The number of nitrogens with one attached hydrogen (secondary N) is 2. The third-order valence-corrected chi connectivity index (χ3v) is 4.23. The minimum atomic E-state index is 0.135. The molecular formula is C19H27N3OS. The van der Waals surface area contributed by atoms with Gasteiger partial charge < -0.3 is 15.1 Å². The first-order valence-electron chi connectivity index (χ1n) is 8.43. The fourth-order valence-electron chi connectivity index (χ4n) is 2.52. The number of likely N-dealkylation sites (N-methyl/N-ethyl adjacent to an activating group) is 1. The Kier molecular flexibility index (Phi) is 7.28. The van der Waals surface area contributed by atoms with Gasteiger partial charge in [-0.05, 0) is 69.0 Å². The lowest BCUT2D eigenvalue weighted by molar-refractivity contribution is 0.259. The van der Waals surface area contributed by atoms with Crippen LogP contribution in [0.4, 0.5) is 5.69 Å². The van der Waals surface area contributed by atoms with Crippen molar-refractivity contribution >= 4 is 23.0 Å². The van der Waals surface area contributed by atoms with Crippen molar-refractivity contribution in [2.24, 2.45) is 0 Å². The summed E-state index contributed by atoms with van der Waals surface area (Å²) in [4.78, 5) is 2.11. The predicted octanol–water partition coefficient (Wildman–Crippen LogP) is 4.21. The van der Waals surface area contributed by atoms with Crippen LogP contribution < -0.4 is 10.6 Å². The highest BCUT2D eigenvalue weighted by molar-refractivity contribution is 7.80. The smallest absolute Gasteiger partial charge is 0.170 e. The molecule has 0 amide bonds. The van der Waals surface area contributed by atoms with E-state index in [2.05, 4.69) is 46.7 Å². The zero-order valence-corrected chi connectivity index (χ0v) is 15.5. The van der Waals surface area contributed by atoms with Gasteiger partial charge in [0.25, 0.3) is 0 Å². The van der Waals surface area contributed by atoms with Gasteiger partial charge in [0.15, 0.2) is 5.11 Å². The summed E-state index contributed by atoms with van der Waals surface area (Å²) < 4.78 is 5.51. The largest absolute Gasteiger partial charge is 0.468 e. The zero-order valence-electron chi connectivity index (χ0n) is 14.7. The number of aryl methyl sites for hydroxylation is 1. The molecule has 1 atom stereocenters. The van der Waals surface area contributed by atoms with Crippen LogP contribution in [0.5, 0.6) is 0 Å². The molecule has 5 heteroatoms. The second-order valence-electron chi connectivity index (χ2n) is 6.13. The van der Waals surface area contributed by atoms with Gasteiger partial charge in [-0.3, -0.25) is 4.90 Å². The van der Waals surface area contributed by atoms with E-state index in [1.54, 1.807) is 6.26 Å². The van der Waals surface area contributed by atoms with Gasteiger partial charge in [0.05, 0.1) is 12.3 Å². The Labute approximate surface area is 150 Å². The molecule has 2 aromatic rings. The number of furan rings is 1. The number of benzene rings is 1. The third kappa shape index (κ3) is 5.65. The summed E-state index contributed by atoms with van der Waals surface area (Å²) in [5, 5.41) is 7.12. The molecule has 0 fully saturated rings. The fourth-order valence-corrected chi connectivity index (χ4v) is 2.72. The van der Waals surface area contributed by atoms with Crippen LogP contribution >= 0.6 is 12.2 Å². The lowest BCUT2D eigenvalue weighted by atomic mass is 10.1. The van der Waals surface area contributed by atoms with Gasteiger partial charge in [0.1, 0.15) is 5.76 Å². The van der Waals surface area contributed by atoms with E-state index in [9.17, 15) is 0 Å². The van der Waals surface area contributed by atoms with Crippen molar-refractivity contribution in [2.75, 3.05) is 26.0 Å². The maximum Gasteiger partial charge on any atom is 0.170 e. The molecule has 0 radical (unpaired) electrons. The number of anilines is 1. The summed E-state index contributed by atoms with van der Waals surface area (Å²) in [6, 6.07) is 12.5. The summed E-state index contributed by atoms with van der Waals surface area (Å²) >= 11 is 5.40. The maximum atomic E-state index is 5.51. The molecule has 0 aliphatic rings. The number of unbranched alkanes of at least 4 members (excludes halogenated alkanes) is 1. The molecule has 1 aromatic carbocycles. The zero-order chi connectivity index (χ0) is 17.4. The van der Waals surface area contributed by atoms with E-state index in [4.69, 9.17) is 16.6 Å². The molecule has 1 heterocycles. The normalized spacial score (nSPS) is 12.2. The molecule has 0 unspecified atom stereocenters. The van der Waals surface area contributed by atoms with Crippen LogP contribution in [0.2, 0.25) is 0 Å². The molecule has 0 aliphatic heterocycles. The molecule has 2 N–H and O–H groups in total. The van der Waals surface area contributed by atoms with Crippen molar-refractivity contribution in [1.82, 2.24) is 10.2 Å². The molecular weight excluding hydrogens is 318 g/mol. The number of rotatable bonds is 8. The minimum absolute atomic E-state index is 0.135. The van der Waals surface area contributed by atoms with Crippen LogP contribution in [0.15, 0.2) is 47.1 Å². The SMILES string of the molecule is CCCCc1ccc(NC(=S)NC[C@@H](c2ccco2)N(C)C)cc1. The molecule has 1 aromatic heterocycles. The van der Waals surface area contributed by atoms with Crippen LogP contribution in [-0.2, 0) is 6.42 Å². The average Bonchev–Trinajstić information content (AvgIpc) is 3.08. The van der Waals surface area contributed by atoms with Crippen molar-refractivity contribution in [3.05, 3.63) is 54.0 Å². The number of thiocarbonyl (C=S) groups is 1. The second-order valence-corrected chi connectivity index (χ2v) is 6.54. The first-order valence-corrected chi connectivity index (χ1v) is 8.84. The monoisotopic (exact) mass is 345 g/mol. The molecule has 0 aliphatic carbocycles. The third-order valence-electron chi connectivity index (χ3n) is 3.98.